The highest BCUT2D eigenvalue weighted by molar-refractivity contribution is 5.47. The molecule has 0 aromatic heterocycles. The summed E-state index contributed by atoms with van der Waals surface area (Å²) < 4.78 is 0. The Balaban J connectivity index is 1.95. The Hall–Kier alpha value is -2.24. The van der Waals surface area contributed by atoms with E-state index in [-0.39, 0.29) is 12.1 Å². The fourth-order valence-corrected chi connectivity index (χ4v) is 2.41. The van der Waals surface area contributed by atoms with Crippen molar-refractivity contribution >= 4 is 5.69 Å². The van der Waals surface area contributed by atoms with Gasteiger partial charge in [0.1, 0.15) is 6.10 Å². The zero-order chi connectivity index (χ0) is 13.1. The third-order valence-electron chi connectivity index (χ3n) is 3.34. The van der Waals surface area contributed by atoms with Crippen molar-refractivity contribution < 1.29 is 4.84 Å². The molecule has 0 bridgehead atoms. The van der Waals surface area contributed by atoms with Gasteiger partial charge in [-0.1, -0.05) is 54.5 Å². The van der Waals surface area contributed by atoms with Gasteiger partial charge in [-0.2, -0.15) is 0 Å². The van der Waals surface area contributed by atoms with E-state index in [4.69, 9.17) is 11.3 Å². The Bertz CT molecular complexity index is 526. The van der Waals surface area contributed by atoms with Crippen LogP contribution >= 0.6 is 0 Å². The lowest BCUT2D eigenvalue weighted by molar-refractivity contribution is 0.119. The lowest BCUT2D eigenvalue weighted by atomic mass is 10.0. The second-order valence-corrected chi connectivity index (χ2v) is 4.58. The first-order valence-electron chi connectivity index (χ1n) is 6.40. The van der Waals surface area contributed by atoms with Crippen LogP contribution in [0.3, 0.4) is 0 Å². The maximum Gasteiger partial charge on any atom is 0.148 e. The number of rotatable bonds is 2. The molecule has 1 saturated heterocycles. The normalized spacial score (nSPS) is 22.2. The third kappa shape index (κ3) is 2.33. The van der Waals surface area contributed by atoms with Gasteiger partial charge in [0.05, 0.1) is 11.7 Å². The molecule has 2 aromatic rings. The van der Waals surface area contributed by atoms with Crippen molar-refractivity contribution in [1.29, 1.82) is 0 Å². The molecule has 2 heteroatoms. The van der Waals surface area contributed by atoms with Crippen LogP contribution in [0.4, 0.5) is 5.69 Å². The molecule has 2 nitrogen and oxygen atoms in total. The average Bonchev–Trinajstić information content (AvgIpc) is 2.93. The third-order valence-corrected chi connectivity index (χ3v) is 3.34. The molecular formula is C17H15NO. The maximum absolute atomic E-state index is 5.86. The second kappa shape index (κ2) is 5.17. The summed E-state index contributed by atoms with van der Waals surface area (Å²) in [6, 6.07) is 20.6. The zero-order valence-electron chi connectivity index (χ0n) is 10.6. The first-order chi connectivity index (χ1) is 9.38. The number of nitrogens with zero attached hydrogens (tertiary/aromatic N) is 1. The van der Waals surface area contributed by atoms with Gasteiger partial charge in [0.15, 0.2) is 0 Å². The smallest absolute Gasteiger partial charge is 0.148 e. The summed E-state index contributed by atoms with van der Waals surface area (Å²) in [6.45, 7) is 0. The quantitative estimate of drug-likeness (QED) is 0.754. The topological polar surface area (TPSA) is 12.5 Å². The summed E-state index contributed by atoms with van der Waals surface area (Å²) in [5.41, 5.74) is 2.26. The molecule has 0 spiro atoms. The number of benzene rings is 2. The van der Waals surface area contributed by atoms with Crippen molar-refractivity contribution in [1.82, 2.24) is 0 Å². The van der Waals surface area contributed by atoms with Crippen LogP contribution in [0.5, 0.6) is 0 Å². The van der Waals surface area contributed by atoms with Gasteiger partial charge in [0.25, 0.3) is 0 Å². The van der Waals surface area contributed by atoms with E-state index in [1.807, 2.05) is 53.6 Å². The monoisotopic (exact) mass is 249 g/mol. The van der Waals surface area contributed by atoms with Gasteiger partial charge < -0.3 is 0 Å². The molecule has 0 saturated carbocycles. The van der Waals surface area contributed by atoms with Crippen molar-refractivity contribution in [3.63, 3.8) is 0 Å². The van der Waals surface area contributed by atoms with Gasteiger partial charge in [-0.15, -0.1) is 6.42 Å². The molecule has 1 aliphatic heterocycles. The molecule has 3 rings (SSSR count). The molecule has 0 N–H and O–H groups in total. The minimum Gasteiger partial charge on any atom is -0.256 e. The molecule has 19 heavy (non-hydrogen) atoms. The van der Waals surface area contributed by atoms with Crippen LogP contribution in [0, 0.1) is 12.3 Å². The van der Waals surface area contributed by atoms with Crippen LogP contribution in [0.25, 0.3) is 0 Å². The molecule has 0 amide bonds. The van der Waals surface area contributed by atoms with Crippen LogP contribution in [0.15, 0.2) is 60.7 Å². The number of anilines is 1. The minimum absolute atomic E-state index is 0.162. The summed E-state index contributed by atoms with van der Waals surface area (Å²) in [4.78, 5) is 5.86. The van der Waals surface area contributed by atoms with Gasteiger partial charge in [0.2, 0.25) is 0 Å². The fourth-order valence-electron chi connectivity index (χ4n) is 2.41. The van der Waals surface area contributed by atoms with E-state index in [1.54, 1.807) is 0 Å². The first-order valence-corrected chi connectivity index (χ1v) is 6.40. The lowest BCUT2D eigenvalue weighted by Crippen LogP contribution is -2.21. The van der Waals surface area contributed by atoms with Gasteiger partial charge in [-0.3, -0.25) is 4.84 Å². The number of para-hydroxylation sites is 1. The summed E-state index contributed by atoms with van der Waals surface area (Å²) in [7, 11) is 0. The van der Waals surface area contributed by atoms with Gasteiger partial charge >= 0.3 is 0 Å². The van der Waals surface area contributed by atoms with E-state index in [0.717, 1.165) is 12.1 Å². The van der Waals surface area contributed by atoms with Gasteiger partial charge in [0, 0.05) is 6.42 Å². The second-order valence-electron chi connectivity index (χ2n) is 4.58. The van der Waals surface area contributed by atoms with Crippen LogP contribution in [-0.4, -0.2) is 6.10 Å². The molecule has 0 unspecified atom stereocenters. The van der Waals surface area contributed by atoms with E-state index < -0.39 is 0 Å². The van der Waals surface area contributed by atoms with Crippen LogP contribution < -0.4 is 5.06 Å². The molecule has 2 atom stereocenters. The van der Waals surface area contributed by atoms with Gasteiger partial charge in [-0.25, -0.2) is 5.06 Å². The van der Waals surface area contributed by atoms with Crippen LogP contribution in [0.1, 0.15) is 18.0 Å². The zero-order valence-corrected chi connectivity index (χ0v) is 10.6. The molecule has 94 valence electrons. The number of hydrogen-bond acceptors (Lipinski definition) is 2. The fraction of sp³-hybridized carbons (Fsp3) is 0.176. The number of hydroxylamine groups is 1. The Morgan fingerprint density at radius 3 is 2.26 bits per heavy atom. The standard InChI is InChI=1S/C17H15NO/c1-2-16-13-17(14-9-5-3-6-10-14)18(19-16)15-11-7-4-8-12-15/h1,3-12,16-17H,13H2/t16-,17+/m0/s1. The van der Waals surface area contributed by atoms with Crippen molar-refractivity contribution in [3.8, 4) is 12.3 Å². The molecular weight excluding hydrogens is 234 g/mol. The lowest BCUT2D eigenvalue weighted by Gasteiger charge is -2.24. The Kier molecular flexibility index (Phi) is 3.22. The van der Waals surface area contributed by atoms with Crippen LogP contribution in [0.2, 0.25) is 0 Å². The summed E-state index contributed by atoms with van der Waals surface area (Å²) in [5, 5.41) is 1.93. The first kappa shape index (κ1) is 11.8. The van der Waals surface area contributed by atoms with E-state index in [1.165, 1.54) is 5.56 Å². The Morgan fingerprint density at radius 1 is 1.00 bits per heavy atom. The van der Waals surface area contributed by atoms with Crippen LogP contribution in [-0.2, 0) is 4.84 Å². The number of terminal acetylenes is 1. The Labute approximate surface area is 113 Å². The van der Waals surface area contributed by atoms with E-state index in [2.05, 4.69) is 18.1 Å². The molecule has 0 aliphatic carbocycles. The average molecular weight is 249 g/mol. The van der Waals surface area contributed by atoms with Crippen molar-refractivity contribution in [2.75, 3.05) is 5.06 Å². The predicted octanol–water partition coefficient (Wildman–Crippen LogP) is 3.57. The largest absolute Gasteiger partial charge is 0.256 e. The highest BCUT2D eigenvalue weighted by atomic mass is 16.7. The highest BCUT2D eigenvalue weighted by Crippen LogP contribution is 2.37. The van der Waals surface area contributed by atoms with Crippen molar-refractivity contribution in [2.45, 2.75) is 18.6 Å². The molecule has 2 aromatic carbocycles. The molecule has 1 heterocycles. The van der Waals surface area contributed by atoms with E-state index >= 15 is 0 Å². The molecule has 1 aliphatic rings. The Morgan fingerprint density at radius 2 is 1.63 bits per heavy atom. The van der Waals surface area contributed by atoms with E-state index in [9.17, 15) is 0 Å². The van der Waals surface area contributed by atoms with Gasteiger partial charge in [-0.05, 0) is 17.7 Å². The molecule has 1 fully saturated rings. The van der Waals surface area contributed by atoms with Crippen molar-refractivity contribution in [2.24, 2.45) is 0 Å². The summed E-state index contributed by atoms with van der Waals surface area (Å²) >= 11 is 0. The number of hydrogen-bond donors (Lipinski definition) is 0. The maximum atomic E-state index is 5.86. The SMILES string of the molecule is C#C[C@H]1C[C@H](c2ccccc2)N(c2ccccc2)O1. The summed E-state index contributed by atoms with van der Waals surface area (Å²) in [5.74, 6) is 2.70. The van der Waals surface area contributed by atoms with E-state index in [0.29, 0.717) is 0 Å². The molecule has 0 radical (unpaired) electrons. The van der Waals surface area contributed by atoms with Crippen molar-refractivity contribution in [3.05, 3.63) is 66.2 Å². The summed E-state index contributed by atoms with van der Waals surface area (Å²) in [6.07, 6.45) is 6.17. The minimum atomic E-state index is -0.162. The predicted molar refractivity (Wildman–Crippen MR) is 76.4 cm³/mol. The highest BCUT2D eigenvalue weighted by Gasteiger charge is 2.33.